The van der Waals surface area contributed by atoms with E-state index in [1.54, 1.807) is 6.20 Å². The van der Waals surface area contributed by atoms with Gasteiger partial charge in [-0.25, -0.2) is 4.79 Å². The lowest BCUT2D eigenvalue weighted by Crippen LogP contribution is -2.13. The van der Waals surface area contributed by atoms with Crippen LogP contribution < -0.4 is 0 Å². The monoisotopic (exact) mass is 301 g/mol. The van der Waals surface area contributed by atoms with Gasteiger partial charge in [0, 0.05) is 17.1 Å². The maximum Gasteiger partial charge on any atom is 0.418 e. The average Bonchev–Trinajstić information content (AvgIpc) is 2.93. The van der Waals surface area contributed by atoms with E-state index in [0.29, 0.717) is 17.7 Å². The first kappa shape index (κ1) is 16.3. The summed E-state index contributed by atoms with van der Waals surface area (Å²) >= 11 is 0. The van der Waals surface area contributed by atoms with Gasteiger partial charge in [0.2, 0.25) is 0 Å². The first-order chi connectivity index (χ1) is 10.8. The number of fused-ring (bicyclic) bond motifs is 1. The van der Waals surface area contributed by atoms with Crippen molar-refractivity contribution in [1.82, 2.24) is 4.57 Å². The van der Waals surface area contributed by atoms with E-state index in [1.807, 2.05) is 24.3 Å². The van der Waals surface area contributed by atoms with Crippen LogP contribution in [0.5, 0.6) is 0 Å². The summed E-state index contributed by atoms with van der Waals surface area (Å²) in [6, 6.07) is 7.33. The van der Waals surface area contributed by atoms with E-state index < -0.39 is 6.09 Å². The molecule has 0 N–H and O–H groups in total. The molecule has 22 heavy (non-hydrogen) atoms. The fourth-order valence-corrected chi connectivity index (χ4v) is 2.56. The predicted molar refractivity (Wildman–Crippen MR) is 87.4 cm³/mol. The van der Waals surface area contributed by atoms with Crippen LogP contribution in [0.15, 0.2) is 30.5 Å². The quantitative estimate of drug-likeness (QED) is 0.520. The van der Waals surface area contributed by atoms with Gasteiger partial charge >= 0.3 is 6.09 Å². The SMILES string of the molecule is CCCCCCCCOC(=O)n1cc(C=O)c2ccccc21. The summed E-state index contributed by atoms with van der Waals surface area (Å²) in [4.78, 5) is 23.2. The number of hydrogen-bond donors (Lipinski definition) is 0. The molecule has 1 heterocycles. The van der Waals surface area contributed by atoms with Crippen LogP contribution in [0.4, 0.5) is 4.79 Å². The third kappa shape index (κ3) is 3.97. The molecule has 2 rings (SSSR count). The van der Waals surface area contributed by atoms with Crippen molar-refractivity contribution in [2.75, 3.05) is 6.61 Å². The molecular weight excluding hydrogens is 278 g/mol. The predicted octanol–water partition coefficient (Wildman–Crippen LogP) is 4.80. The molecule has 0 saturated heterocycles. The van der Waals surface area contributed by atoms with Crippen molar-refractivity contribution in [3.63, 3.8) is 0 Å². The molecule has 0 saturated carbocycles. The van der Waals surface area contributed by atoms with Crippen molar-refractivity contribution in [3.05, 3.63) is 36.0 Å². The van der Waals surface area contributed by atoms with Crippen LogP contribution >= 0.6 is 0 Å². The molecule has 0 atom stereocenters. The third-order valence-electron chi connectivity index (χ3n) is 3.79. The van der Waals surface area contributed by atoms with Crippen LogP contribution in [0.25, 0.3) is 10.9 Å². The number of hydrogen-bond acceptors (Lipinski definition) is 3. The Balaban J connectivity index is 1.89. The number of aldehydes is 1. The second-order valence-corrected chi connectivity index (χ2v) is 5.47. The summed E-state index contributed by atoms with van der Waals surface area (Å²) in [6.45, 7) is 2.62. The van der Waals surface area contributed by atoms with Crippen molar-refractivity contribution in [2.45, 2.75) is 45.4 Å². The molecule has 0 radical (unpaired) electrons. The molecule has 0 spiro atoms. The number of ether oxygens (including phenoxy) is 1. The van der Waals surface area contributed by atoms with Crippen LogP contribution in [0.3, 0.4) is 0 Å². The van der Waals surface area contributed by atoms with Crippen LogP contribution in [0.1, 0.15) is 55.8 Å². The zero-order valence-corrected chi connectivity index (χ0v) is 13.1. The summed E-state index contributed by atoms with van der Waals surface area (Å²) in [7, 11) is 0. The van der Waals surface area contributed by atoms with Crippen LogP contribution in [-0.2, 0) is 4.74 Å². The molecule has 0 aliphatic carbocycles. The Kier molecular flexibility index (Phi) is 6.19. The van der Waals surface area contributed by atoms with E-state index in [1.165, 1.54) is 30.3 Å². The summed E-state index contributed by atoms with van der Waals surface area (Å²) in [5.74, 6) is 0. The van der Waals surface area contributed by atoms with Crippen molar-refractivity contribution in [2.24, 2.45) is 0 Å². The Bertz CT molecular complexity index is 630. The maximum atomic E-state index is 12.1. The highest BCUT2D eigenvalue weighted by molar-refractivity contribution is 6.01. The van der Waals surface area contributed by atoms with E-state index in [2.05, 4.69) is 6.92 Å². The van der Waals surface area contributed by atoms with Crippen LogP contribution in [0, 0.1) is 0 Å². The Labute approximate surface area is 131 Å². The fraction of sp³-hybridized carbons (Fsp3) is 0.444. The smallest absolute Gasteiger partial charge is 0.418 e. The number of unbranched alkanes of at least 4 members (excludes halogenated alkanes) is 5. The van der Waals surface area contributed by atoms with Gasteiger partial charge in [-0.3, -0.25) is 9.36 Å². The number of nitrogens with zero attached hydrogens (tertiary/aromatic N) is 1. The van der Waals surface area contributed by atoms with Gasteiger partial charge in [-0.1, -0.05) is 57.2 Å². The van der Waals surface area contributed by atoms with Gasteiger partial charge in [0.1, 0.15) is 0 Å². The van der Waals surface area contributed by atoms with Gasteiger partial charge in [-0.2, -0.15) is 0 Å². The highest BCUT2D eigenvalue weighted by Crippen LogP contribution is 2.20. The number of carbonyl (C=O) groups is 2. The second-order valence-electron chi connectivity index (χ2n) is 5.47. The number of rotatable bonds is 8. The normalized spacial score (nSPS) is 10.8. The molecule has 2 aromatic rings. The molecule has 1 aromatic carbocycles. The Morgan fingerprint density at radius 1 is 1.14 bits per heavy atom. The molecule has 4 nitrogen and oxygen atoms in total. The number of aromatic nitrogens is 1. The molecule has 0 amide bonds. The zero-order chi connectivity index (χ0) is 15.8. The van der Waals surface area contributed by atoms with Gasteiger partial charge in [0.25, 0.3) is 0 Å². The van der Waals surface area contributed by atoms with E-state index >= 15 is 0 Å². The first-order valence-corrected chi connectivity index (χ1v) is 8.00. The highest BCUT2D eigenvalue weighted by Gasteiger charge is 2.13. The third-order valence-corrected chi connectivity index (χ3v) is 3.79. The first-order valence-electron chi connectivity index (χ1n) is 8.00. The summed E-state index contributed by atoms with van der Waals surface area (Å²) < 4.78 is 6.72. The highest BCUT2D eigenvalue weighted by atomic mass is 16.5. The molecule has 118 valence electrons. The van der Waals surface area contributed by atoms with Crippen LogP contribution in [-0.4, -0.2) is 23.6 Å². The summed E-state index contributed by atoms with van der Waals surface area (Å²) in [5, 5.41) is 0.772. The van der Waals surface area contributed by atoms with Crippen molar-refractivity contribution in [3.8, 4) is 0 Å². The second kappa shape index (κ2) is 8.37. The molecule has 4 heteroatoms. The molecule has 1 aromatic heterocycles. The van der Waals surface area contributed by atoms with Gasteiger partial charge in [-0.05, 0) is 12.5 Å². The van der Waals surface area contributed by atoms with Gasteiger partial charge < -0.3 is 4.74 Å². The summed E-state index contributed by atoms with van der Waals surface area (Å²) in [6.07, 6.45) is 8.79. The maximum absolute atomic E-state index is 12.1. The van der Waals surface area contributed by atoms with Gasteiger partial charge in [0.05, 0.1) is 12.1 Å². The number of benzene rings is 1. The Morgan fingerprint density at radius 2 is 1.86 bits per heavy atom. The van der Waals surface area contributed by atoms with E-state index in [-0.39, 0.29) is 0 Å². The Hall–Kier alpha value is -2.10. The van der Waals surface area contributed by atoms with Crippen molar-refractivity contribution in [1.29, 1.82) is 0 Å². The van der Waals surface area contributed by atoms with Crippen molar-refractivity contribution < 1.29 is 14.3 Å². The minimum absolute atomic E-state index is 0.419. The van der Waals surface area contributed by atoms with Crippen LogP contribution in [0.2, 0.25) is 0 Å². The standard InChI is InChI=1S/C18H23NO3/c1-2-3-4-5-6-9-12-22-18(21)19-13-15(14-20)16-10-7-8-11-17(16)19/h7-8,10-11,13-14H,2-6,9,12H2,1H3. The fourth-order valence-electron chi connectivity index (χ4n) is 2.56. The largest absolute Gasteiger partial charge is 0.449 e. The Morgan fingerprint density at radius 3 is 2.64 bits per heavy atom. The van der Waals surface area contributed by atoms with Crippen molar-refractivity contribution >= 4 is 23.3 Å². The minimum Gasteiger partial charge on any atom is -0.449 e. The zero-order valence-electron chi connectivity index (χ0n) is 13.1. The molecule has 0 unspecified atom stereocenters. The van der Waals surface area contributed by atoms with E-state index in [9.17, 15) is 9.59 Å². The lowest BCUT2D eigenvalue weighted by Gasteiger charge is -2.06. The topological polar surface area (TPSA) is 48.3 Å². The molecule has 0 bridgehead atoms. The lowest BCUT2D eigenvalue weighted by molar-refractivity contribution is 0.112. The minimum atomic E-state index is -0.419. The lowest BCUT2D eigenvalue weighted by atomic mass is 10.1. The van der Waals surface area contributed by atoms with Gasteiger partial charge in [0.15, 0.2) is 6.29 Å². The summed E-state index contributed by atoms with van der Waals surface area (Å²) in [5.41, 5.74) is 1.21. The van der Waals surface area contributed by atoms with E-state index in [0.717, 1.165) is 24.5 Å². The van der Waals surface area contributed by atoms with E-state index in [4.69, 9.17) is 4.74 Å². The number of para-hydroxylation sites is 1. The molecule has 0 fully saturated rings. The number of carbonyl (C=O) groups excluding carboxylic acids is 2. The average molecular weight is 301 g/mol. The van der Waals surface area contributed by atoms with Gasteiger partial charge in [-0.15, -0.1) is 0 Å². The molecule has 0 aliphatic heterocycles. The molecule has 0 aliphatic rings. The molecular formula is C18H23NO3.